The zero-order valence-electron chi connectivity index (χ0n) is 11.5. The van der Waals surface area contributed by atoms with Crippen molar-refractivity contribution in [2.45, 2.75) is 26.2 Å². The summed E-state index contributed by atoms with van der Waals surface area (Å²) >= 11 is 0. The molecule has 1 aromatic carbocycles. The molecule has 18 heavy (non-hydrogen) atoms. The largest absolute Gasteiger partial charge is 0.378 e. The SMILES string of the molecule is Cc1ccc(N2CCOCC2)c(C(C)CCN)c1. The van der Waals surface area contributed by atoms with Crippen molar-refractivity contribution < 1.29 is 4.74 Å². The van der Waals surface area contributed by atoms with Crippen molar-refractivity contribution in [3.63, 3.8) is 0 Å². The van der Waals surface area contributed by atoms with Gasteiger partial charge in [0, 0.05) is 18.8 Å². The van der Waals surface area contributed by atoms with Crippen molar-refractivity contribution >= 4 is 5.69 Å². The molecule has 2 N–H and O–H groups in total. The third-order valence-corrected chi connectivity index (χ3v) is 3.67. The van der Waals surface area contributed by atoms with Crippen molar-refractivity contribution in [2.75, 3.05) is 37.7 Å². The Bertz CT molecular complexity index is 386. The van der Waals surface area contributed by atoms with Crippen LogP contribution in [0.2, 0.25) is 0 Å². The Hall–Kier alpha value is -1.06. The number of nitrogens with zero attached hydrogens (tertiary/aromatic N) is 1. The normalized spacial score (nSPS) is 17.8. The van der Waals surface area contributed by atoms with Gasteiger partial charge in [0.1, 0.15) is 0 Å². The van der Waals surface area contributed by atoms with Crippen LogP contribution in [0.1, 0.15) is 30.4 Å². The zero-order chi connectivity index (χ0) is 13.0. The number of aryl methyl sites for hydroxylation is 1. The van der Waals surface area contributed by atoms with E-state index >= 15 is 0 Å². The molecule has 1 aromatic rings. The topological polar surface area (TPSA) is 38.5 Å². The minimum atomic E-state index is 0.521. The van der Waals surface area contributed by atoms with Gasteiger partial charge in [-0.3, -0.25) is 0 Å². The maximum absolute atomic E-state index is 5.70. The smallest absolute Gasteiger partial charge is 0.0642 e. The van der Waals surface area contributed by atoms with E-state index in [2.05, 4.69) is 36.9 Å². The molecule has 0 aromatic heterocycles. The summed E-state index contributed by atoms with van der Waals surface area (Å²) in [6, 6.07) is 6.76. The molecule has 1 aliphatic rings. The summed E-state index contributed by atoms with van der Waals surface area (Å²) in [7, 11) is 0. The van der Waals surface area contributed by atoms with Crippen LogP contribution in [-0.4, -0.2) is 32.8 Å². The predicted molar refractivity (Wildman–Crippen MR) is 76.3 cm³/mol. The molecule has 2 rings (SSSR count). The van der Waals surface area contributed by atoms with Crippen molar-refractivity contribution in [1.29, 1.82) is 0 Å². The van der Waals surface area contributed by atoms with Gasteiger partial charge < -0.3 is 15.4 Å². The van der Waals surface area contributed by atoms with Gasteiger partial charge >= 0.3 is 0 Å². The van der Waals surface area contributed by atoms with Crippen LogP contribution in [-0.2, 0) is 4.74 Å². The van der Waals surface area contributed by atoms with E-state index in [9.17, 15) is 0 Å². The van der Waals surface area contributed by atoms with Gasteiger partial charge in [0.25, 0.3) is 0 Å². The van der Waals surface area contributed by atoms with Gasteiger partial charge in [0.15, 0.2) is 0 Å². The summed E-state index contributed by atoms with van der Waals surface area (Å²) in [5, 5.41) is 0. The van der Waals surface area contributed by atoms with Crippen LogP contribution in [0.4, 0.5) is 5.69 Å². The van der Waals surface area contributed by atoms with Gasteiger partial charge in [-0.1, -0.05) is 24.6 Å². The Morgan fingerprint density at radius 1 is 1.33 bits per heavy atom. The molecule has 100 valence electrons. The van der Waals surface area contributed by atoms with Gasteiger partial charge in [-0.25, -0.2) is 0 Å². The molecule has 1 atom stereocenters. The molecule has 0 spiro atoms. The average molecular weight is 248 g/mol. The van der Waals surface area contributed by atoms with Crippen molar-refractivity contribution in [3.8, 4) is 0 Å². The fourth-order valence-corrected chi connectivity index (χ4v) is 2.57. The van der Waals surface area contributed by atoms with Crippen LogP contribution in [0.5, 0.6) is 0 Å². The van der Waals surface area contributed by atoms with Crippen LogP contribution in [0.15, 0.2) is 18.2 Å². The fraction of sp³-hybridized carbons (Fsp3) is 0.600. The molecule has 3 nitrogen and oxygen atoms in total. The fourth-order valence-electron chi connectivity index (χ4n) is 2.57. The van der Waals surface area contributed by atoms with Crippen LogP contribution < -0.4 is 10.6 Å². The number of benzene rings is 1. The minimum Gasteiger partial charge on any atom is -0.378 e. The lowest BCUT2D eigenvalue weighted by molar-refractivity contribution is 0.122. The number of rotatable bonds is 4. The molecular weight excluding hydrogens is 224 g/mol. The number of hydrogen-bond donors (Lipinski definition) is 1. The van der Waals surface area contributed by atoms with Gasteiger partial charge in [-0.2, -0.15) is 0 Å². The van der Waals surface area contributed by atoms with Crippen molar-refractivity contribution in [2.24, 2.45) is 5.73 Å². The number of nitrogens with two attached hydrogens (primary N) is 1. The highest BCUT2D eigenvalue weighted by Crippen LogP contribution is 2.31. The molecular formula is C15H24N2O. The number of ether oxygens (including phenoxy) is 1. The number of hydrogen-bond acceptors (Lipinski definition) is 3. The monoisotopic (exact) mass is 248 g/mol. The summed E-state index contributed by atoms with van der Waals surface area (Å²) in [4.78, 5) is 2.44. The molecule has 1 unspecified atom stereocenters. The van der Waals surface area contributed by atoms with E-state index in [4.69, 9.17) is 10.5 Å². The summed E-state index contributed by atoms with van der Waals surface area (Å²) in [5.74, 6) is 0.521. The van der Waals surface area contributed by atoms with E-state index in [-0.39, 0.29) is 0 Å². The first-order valence-corrected chi connectivity index (χ1v) is 6.85. The molecule has 0 bridgehead atoms. The highest BCUT2D eigenvalue weighted by molar-refractivity contribution is 5.56. The molecule has 1 saturated heterocycles. The Balaban J connectivity index is 2.27. The molecule has 1 heterocycles. The van der Waals surface area contributed by atoms with Crippen LogP contribution in [0.3, 0.4) is 0 Å². The molecule has 0 radical (unpaired) electrons. The standard InChI is InChI=1S/C15H24N2O/c1-12-3-4-15(17-7-9-18-10-8-17)14(11-12)13(2)5-6-16/h3-4,11,13H,5-10,16H2,1-2H3. The molecule has 0 saturated carbocycles. The van der Waals surface area contributed by atoms with Gasteiger partial charge in [0.05, 0.1) is 13.2 Å². The second-order valence-electron chi connectivity index (χ2n) is 5.14. The number of anilines is 1. The second-order valence-corrected chi connectivity index (χ2v) is 5.14. The Morgan fingerprint density at radius 3 is 2.72 bits per heavy atom. The number of morpholine rings is 1. The predicted octanol–water partition coefficient (Wildman–Crippen LogP) is 2.28. The van der Waals surface area contributed by atoms with Gasteiger partial charge in [0.2, 0.25) is 0 Å². The van der Waals surface area contributed by atoms with E-state index < -0.39 is 0 Å². The maximum atomic E-state index is 5.70. The Kier molecular flexibility index (Phi) is 4.61. The van der Waals surface area contributed by atoms with Crippen LogP contribution >= 0.6 is 0 Å². The van der Waals surface area contributed by atoms with E-state index in [0.29, 0.717) is 5.92 Å². The molecule has 1 aliphatic heterocycles. The summed E-state index contributed by atoms with van der Waals surface area (Å²) in [6.07, 6.45) is 1.04. The molecule has 1 fully saturated rings. The Morgan fingerprint density at radius 2 is 2.06 bits per heavy atom. The Labute approximate surface area is 110 Å². The average Bonchev–Trinajstić information content (AvgIpc) is 2.40. The van der Waals surface area contributed by atoms with Gasteiger partial charge in [-0.05, 0) is 37.4 Å². The van der Waals surface area contributed by atoms with Crippen LogP contribution in [0, 0.1) is 6.92 Å². The highest BCUT2D eigenvalue weighted by atomic mass is 16.5. The first kappa shape index (κ1) is 13.4. The highest BCUT2D eigenvalue weighted by Gasteiger charge is 2.17. The lowest BCUT2D eigenvalue weighted by atomic mass is 9.94. The zero-order valence-corrected chi connectivity index (χ0v) is 11.5. The summed E-state index contributed by atoms with van der Waals surface area (Å²) < 4.78 is 5.43. The third-order valence-electron chi connectivity index (χ3n) is 3.67. The van der Waals surface area contributed by atoms with Crippen molar-refractivity contribution in [1.82, 2.24) is 0 Å². The van der Waals surface area contributed by atoms with Crippen LogP contribution in [0.25, 0.3) is 0 Å². The molecule has 0 amide bonds. The molecule has 3 heteroatoms. The van der Waals surface area contributed by atoms with E-state index in [1.807, 2.05) is 0 Å². The van der Waals surface area contributed by atoms with E-state index in [0.717, 1.165) is 39.3 Å². The lowest BCUT2D eigenvalue weighted by Crippen LogP contribution is -2.37. The lowest BCUT2D eigenvalue weighted by Gasteiger charge is -2.32. The minimum absolute atomic E-state index is 0.521. The van der Waals surface area contributed by atoms with E-state index in [1.54, 1.807) is 0 Å². The molecule has 0 aliphatic carbocycles. The second kappa shape index (κ2) is 6.21. The first-order chi connectivity index (χ1) is 8.72. The summed E-state index contributed by atoms with van der Waals surface area (Å²) in [5.41, 5.74) is 9.82. The van der Waals surface area contributed by atoms with E-state index in [1.165, 1.54) is 16.8 Å². The van der Waals surface area contributed by atoms with Crippen molar-refractivity contribution in [3.05, 3.63) is 29.3 Å². The third kappa shape index (κ3) is 3.03. The first-order valence-electron chi connectivity index (χ1n) is 6.85. The maximum Gasteiger partial charge on any atom is 0.0642 e. The van der Waals surface area contributed by atoms with Gasteiger partial charge in [-0.15, -0.1) is 0 Å². The summed E-state index contributed by atoms with van der Waals surface area (Å²) in [6.45, 7) is 8.82. The quantitative estimate of drug-likeness (QED) is 0.888.